The Labute approximate surface area is 67.2 Å². The SMILES string of the molecule is CC/C(N)=C/C(=O)OC(C)C. The normalized spacial score (nSPS) is 11.8. The van der Waals surface area contributed by atoms with E-state index in [1.807, 2.05) is 6.92 Å². The van der Waals surface area contributed by atoms with Crippen molar-refractivity contribution in [1.82, 2.24) is 0 Å². The van der Waals surface area contributed by atoms with E-state index in [4.69, 9.17) is 10.5 Å². The molecule has 2 N–H and O–H groups in total. The summed E-state index contributed by atoms with van der Waals surface area (Å²) in [7, 11) is 0. The molecule has 0 spiro atoms. The van der Waals surface area contributed by atoms with Crippen molar-refractivity contribution in [1.29, 1.82) is 0 Å². The summed E-state index contributed by atoms with van der Waals surface area (Å²) in [5, 5.41) is 0. The molecule has 64 valence electrons. The van der Waals surface area contributed by atoms with Crippen LogP contribution in [-0.2, 0) is 9.53 Å². The molecule has 0 aromatic heterocycles. The van der Waals surface area contributed by atoms with Gasteiger partial charge in [0.2, 0.25) is 0 Å². The van der Waals surface area contributed by atoms with Crippen molar-refractivity contribution in [3.63, 3.8) is 0 Å². The smallest absolute Gasteiger partial charge is 0.332 e. The molecule has 0 rings (SSSR count). The minimum Gasteiger partial charge on any atom is -0.460 e. The quantitative estimate of drug-likeness (QED) is 0.494. The van der Waals surface area contributed by atoms with Crippen LogP contribution in [-0.4, -0.2) is 12.1 Å². The summed E-state index contributed by atoms with van der Waals surface area (Å²) in [6, 6.07) is 0. The van der Waals surface area contributed by atoms with Gasteiger partial charge in [0.05, 0.1) is 6.10 Å². The summed E-state index contributed by atoms with van der Waals surface area (Å²) in [6.07, 6.45) is 1.91. The lowest BCUT2D eigenvalue weighted by atomic mass is 10.3. The minimum absolute atomic E-state index is 0.0802. The molecule has 0 bridgehead atoms. The molecule has 0 aromatic rings. The summed E-state index contributed by atoms with van der Waals surface area (Å²) >= 11 is 0. The molecule has 0 aromatic carbocycles. The van der Waals surface area contributed by atoms with Crippen LogP contribution in [0.5, 0.6) is 0 Å². The zero-order valence-electron chi connectivity index (χ0n) is 7.26. The third-order valence-electron chi connectivity index (χ3n) is 1.06. The fourth-order valence-electron chi connectivity index (χ4n) is 0.520. The largest absolute Gasteiger partial charge is 0.460 e. The van der Waals surface area contributed by atoms with Gasteiger partial charge in [0, 0.05) is 11.8 Å². The van der Waals surface area contributed by atoms with E-state index in [9.17, 15) is 4.79 Å². The molecule has 0 aliphatic carbocycles. The lowest BCUT2D eigenvalue weighted by Crippen LogP contribution is -2.10. The maximum atomic E-state index is 10.8. The fraction of sp³-hybridized carbons (Fsp3) is 0.625. The van der Waals surface area contributed by atoms with Crippen molar-refractivity contribution in [2.75, 3.05) is 0 Å². The first-order chi connectivity index (χ1) is 5.06. The topological polar surface area (TPSA) is 52.3 Å². The molecule has 0 heterocycles. The van der Waals surface area contributed by atoms with Gasteiger partial charge in [0.15, 0.2) is 0 Å². The van der Waals surface area contributed by atoms with E-state index in [2.05, 4.69) is 0 Å². The summed E-state index contributed by atoms with van der Waals surface area (Å²) in [4.78, 5) is 10.8. The van der Waals surface area contributed by atoms with Gasteiger partial charge in [-0.05, 0) is 20.3 Å². The molecule has 0 aliphatic heterocycles. The number of carbonyl (C=O) groups excluding carboxylic acids is 1. The van der Waals surface area contributed by atoms with E-state index in [-0.39, 0.29) is 12.1 Å². The number of hydrogen-bond acceptors (Lipinski definition) is 3. The van der Waals surface area contributed by atoms with Gasteiger partial charge in [0.1, 0.15) is 0 Å². The van der Waals surface area contributed by atoms with Crippen LogP contribution in [0.2, 0.25) is 0 Å². The highest BCUT2D eigenvalue weighted by atomic mass is 16.5. The molecule has 0 amide bonds. The molecule has 0 saturated carbocycles. The monoisotopic (exact) mass is 157 g/mol. The van der Waals surface area contributed by atoms with Gasteiger partial charge in [0.25, 0.3) is 0 Å². The Morgan fingerprint density at radius 2 is 2.18 bits per heavy atom. The Morgan fingerprint density at radius 3 is 2.55 bits per heavy atom. The highest BCUT2D eigenvalue weighted by molar-refractivity contribution is 5.82. The standard InChI is InChI=1S/C8H15NO2/c1-4-7(9)5-8(10)11-6(2)3/h5-6H,4,9H2,1-3H3/b7-5-. The Kier molecular flexibility index (Phi) is 4.34. The second-order valence-corrected chi connectivity index (χ2v) is 2.56. The fourth-order valence-corrected chi connectivity index (χ4v) is 0.520. The molecule has 0 fully saturated rings. The highest BCUT2D eigenvalue weighted by Crippen LogP contribution is 1.94. The second-order valence-electron chi connectivity index (χ2n) is 2.56. The number of hydrogen-bond donors (Lipinski definition) is 1. The van der Waals surface area contributed by atoms with Gasteiger partial charge in [-0.25, -0.2) is 4.79 Å². The number of ether oxygens (including phenoxy) is 1. The molecule has 3 heteroatoms. The Balaban J connectivity index is 3.86. The van der Waals surface area contributed by atoms with Gasteiger partial charge in [-0.1, -0.05) is 6.92 Å². The van der Waals surface area contributed by atoms with E-state index >= 15 is 0 Å². The molecule has 11 heavy (non-hydrogen) atoms. The Bertz CT molecular complexity index is 161. The Hall–Kier alpha value is -0.990. The van der Waals surface area contributed by atoms with Gasteiger partial charge >= 0.3 is 5.97 Å². The van der Waals surface area contributed by atoms with E-state index in [1.54, 1.807) is 13.8 Å². The molecule has 0 aliphatic rings. The summed E-state index contributed by atoms with van der Waals surface area (Å²) < 4.78 is 4.83. The lowest BCUT2D eigenvalue weighted by Gasteiger charge is -2.04. The maximum Gasteiger partial charge on any atom is 0.332 e. The van der Waals surface area contributed by atoms with E-state index < -0.39 is 0 Å². The van der Waals surface area contributed by atoms with Crippen molar-refractivity contribution < 1.29 is 9.53 Å². The number of nitrogens with two attached hydrogens (primary N) is 1. The van der Waals surface area contributed by atoms with Crippen LogP contribution >= 0.6 is 0 Å². The molecule has 0 saturated heterocycles. The number of allylic oxidation sites excluding steroid dienone is 1. The molecular formula is C8H15NO2. The van der Waals surface area contributed by atoms with Gasteiger partial charge in [-0.15, -0.1) is 0 Å². The summed E-state index contributed by atoms with van der Waals surface area (Å²) in [6.45, 7) is 5.48. The molecule has 3 nitrogen and oxygen atoms in total. The molecule has 0 atom stereocenters. The summed E-state index contributed by atoms with van der Waals surface area (Å²) in [5.41, 5.74) is 5.96. The van der Waals surface area contributed by atoms with Gasteiger partial charge < -0.3 is 10.5 Å². The molecular weight excluding hydrogens is 142 g/mol. The molecule has 0 unspecified atom stereocenters. The van der Waals surface area contributed by atoms with E-state index in [0.717, 1.165) is 0 Å². The van der Waals surface area contributed by atoms with Crippen LogP contribution in [0.15, 0.2) is 11.8 Å². The van der Waals surface area contributed by atoms with Crippen molar-refractivity contribution in [3.05, 3.63) is 11.8 Å². The van der Waals surface area contributed by atoms with E-state index in [1.165, 1.54) is 6.08 Å². The maximum absolute atomic E-state index is 10.8. The van der Waals surface area contributed by atoms with Crippen LogP contribution < -0.4 is 5.73 Å². The first kappa shape index (κ1) is 10.0. The van der Waals surface area contributed by atoms with Crippen LogP contribution in [0.4, 0.5) is 0 Å². The van der Waals surface area contributed by atoms with Crippen LogP contribution in [0.1, 0.15) is 27.2 Å². The van der Waals surface area contributed by atoms with Crippen LogP contribution in [0.25, 0.3) is 0 Å². The predicted octanol–water partition coefficient (Wildman–Crippen LogP) is 1.19. The van der Waals surface area contributed by atoms with Gasteiger partial charge in [-0.3, -0.25) is 0 Å². The third kappa shape index (κ3) is 5.45. The van der Waals surface area contributed by atoms with Crippen LogP contribution in [0, 0.1) is 0 Å². The van der Waals surface area contributed by atoms with Gasteiger partial charge in [-0.2, -0.15) is 0 Å². The second kappa shape index (κ2) is 4.77. The zero-order valence-corrected chi connectivity index (χ0v) is 7.26. The molecule has 0 radical (unpaired) electrons. The van der Waals surface area contributed by atoms with E-state index in [0.29, 0.717) is 12.1 Å². The number of carbonyl (C=O) groups is 1. The van der Waals surface area contributed by atoms with Crippen molar-refractivity contribution in [2.45, 2.75) is 33.3 Å². The number of esters is 1. The van der Waals surface area contributed by atoms with Crippen molar-refractivity contribution in [3.8, 4) is 0 Å². The summed E-state index contributed by atoms with van der Waals surface area (Å²) in [5.74, 6) is -0.362. The first-order valence-corrected chi connectivity index (χ1v) is 3.73. The predicted molar refractivity (Wildman–Crippen MR) is 43.8 cm³/mol. The Morgan fingerprint density at radius 1 is 1.64 bits per heavy atom. The van der Waals surface area contributed by atoms with Crippen molar-refractivity contribution in [2.24, 2.45) is 5.73 Å². The number of rotatable bonds is 3. The van der Waals surface area contributed by atoms with Crippen molar-refractivity contribution >= 4 is 5.97 Å². The zero-order chi connectivity index (χ0) is 8.85. The highest BCUT2D eigenvalue weighted by Gasteiger charge is 2.00. The first-order valence-electron chi connectivity index (χ1n) is 3.73. The van der Waals surface area contributed by atoms with Crippen LogP contribution in [0.3, 0.4) is 0 Å². The lowest BCUT2D eigenvalue weighted by molar-refractivity contribution is -0.141. The minimum atomic E-state index is -0.362. The average Bonchev–Trinajstić information content (AvgIpc) is 1.85. The average molecular weight is 157 g/mol. The third-order valence-corrected chi connectivity index (χ3v) is 1.06.